The standard InChI is InChI=1S/C19H26N4OS2/c1-3-20-18-21-22-19(26-18)25-14(2)17(24)23-11-9-16(10-12-23)13-15-7-5-4-6-8-15/h4-8,14,16H,3,9-13H2,1-2H3,(H,20,21)/t14-/m0/s1. The molecule has 2 aromatic rings. The Hall–Kier alpha value is -1.60. The molecular formula is C19H26N4OS2. The van der Waals surface area contributed by atoms with Gasteiger partial charge in [0.05, 0.1) is 5.25 Å². The number of carbonyl (C=O) groups is 1. The van der Waals surface area contributed by atoms with E-state index in [2.05, 4.69) is 45.8 Å². The Labute approximate surface area is 163 Å². The second kappa shape index (κ2) is 9.37. The number of likely N-dealkylation sites (tertiary alicyclic amines) is 1. The molecule has 1 aliphatic heterocycles. The van der Waals surface area contributed by atoms with Gasteiger partial charge in [0.2, 0.25) is 11.0 Å². The molecule has 140 valence electrons. The Morgan fingerprint density at radius 1 is 1.31 bits per heavy atom. The summed E-state index contributed by atoms with van der Waals surface area (Å²) in [6.45, 7) is 6.55. The van der Waals surface area contributed by atoms with E-state index in [1.165, 1.54) is 28.7 Å². The number of aromatic nitrogens is 2. The highest BCUT2D eigenvalue weighted by molar-refractivity contribution is 8.02. The van der Waals surface area contributed by atoms with Crippen molar-refractivity contribution in [1.82, 2.24) is 15.1 Å². The number of hydrogen-bond donors (Lipinski definition) is 1. The van der Waals surface area contributed by atoms with Crippen molar-refractivity contribution in [3.05, 3.63) is 35.9 Å². The molecule has 26 heavy (non-hydrogen) atoms. The third-order valence-corrected chi connectivity index (χ3v) is 6.71. The van der Waals surface area contributed by atoms with E-state index in [0.29, 0.717) is 5.92 Å². The number of nitrogens with one attached hydrogen (secondary N) is 1. The minimum atomic E-state index is -0.122. The number of anilines is 1. The molecule has 2 heterocycles. The summed E-state index contributed by atoms with van der Waals surface area (Å²) in [4.78, 5) is 14.8. The molecule has 1 aromatic heterocycles. The van der Waals surface area contributed by atoms with Gasteiger partial charge in [-0.25, -0.2) is 0 Å². The van der Waals surface area contributed by atoms with Crippen molar-refractivity contribution >= 4 is 34.1 Å². The third kappa shape index (κ3) is 5.20. The van der Waals surface area contributed by atoms with E-state index in [9.17, 15) is 4.79 Å². The van der Waals surface area contributed by atoms with Gasteiger partial charge >= 0.3 is 0 Å². The van der Waals surface area contributed by atoms with Crippen molar-refractivity contribution in [3.63, 3.8) is 0 Å². The summed E-state index contributed by atoms with van der Waals surface area (Å²) in [5.74, 6) is 0.892. The van der Waals surface area contributed by atoms with Crippen molar-refractivity contribution < 1.29 is 4.79 Å². The van der Waals surface area contributed by atoms with E-state index in [4.69, 9.17) is 0 Å². The summed E-state index contributed by atoms with van der Waals surface area (Å²) in [6, 6.07) is 10.6. The molecule has 1 saturated heterocycles. The van der Waals surface area contributed by atoms with Gasteiger partial charge in [-0.3, -0.25) is 4.79 Å². The van der Waals surface area contributed by atoms with Gasteiger partial charge in [0, 0.05) is 19.6 Å². The first-order valence-electron chi connectivity index (χ1n) is 9.22. The Bertz CT molecular complexity index is 699. The smallest absolute Gasteiger partial charge is 0.235 e. The Morgan fingerprint density at radius 2 is 2.04 bits per heavy atom. The molecule has 1 N–H and O–H groups in total. The van der Waals surface area contributed by atoms with Crippen molar-refractivity contribution in [2.45, 2.75) is 42.7 Å². The molecule has 7 heteroatoms. The molecule has 5 nitrogen and oxygen atoms in total. The lowest BCUT2D eigenvalue weighted by Crippen LogP contribution is -2.42. The summed E-state index contributed by atoms with van der Waals surface area (Å²) < 4.78 is 0.848. The lowest BCUT2D eigenvalue weighted by atomic mass is 9.90. The zero-order chi connectivity index (χ0) is 18.4. The predicted molar refractivity (Wildman–Crippen MR) is 109 cm³/mol. The van der Waals surface area contributed by atoms with Crippen LogP contribution in [0.2, 0.25) is 0 Å². The molecule has 0 radical (unpaired) electrons. The molecule has 1 aliphatic rings. The first kappa shape index (κ1) is 19.2. The second-order valence-corrected chi connectivity index (χ2v) is 9.19. The van der Waals surface area contributed by atoms with Crippen LogP contribution in [0.25, 0.3) is 0 Å². The molecule has 1 aromatic carbocycles. The van der Waals surface area contributed by atoms with Gasteiger partial charge < -0.3 is 10.2 Å². The number of amides is 1. The number of piperidine rings is 1. The number of benzene rings is 1. The fraction of sp³-hybridized carbons (Fsp3) is 0.526. The number of carbonyl (C=O) groups excluding carboxylic acids is 1. The van der Waals surface area contributed by atoms with Crippen molar-refractivity contribution in [2.24, 2.45) is 5.92 Å². The maximum Gasteiger partial charge on any atom is 0.235 e. The van der Waals surface area contributed by atoms with Crippen LogP contribution in [0.4, 0.5) is 5.13 Å². The van der Waals surface area contributed by atoms with Gasteiger partial charge in [-0.2, -0.15) is 0 Å². The van der Waals surface area contributed by atoms with Crippen LogP contribution in [0.1, 0.15) is 32.3 Å². The monoisotopic (exact) mass is 390 g/mol. The van der Waals surface area contributed by atoms with Gasteiger partial charge in [-0.1, -0.05) is 53.4 Å². The van der Waals surface area contributed by atoms with Crippen molar-refractivity contribution in [1.29, 1.82) is 0 Å². The Balaban J connectivity index is 1.46. The number of hydrogen-bond acceptors (Lipinski definition) is 6. The van der Waals surface area contributed by atoms with Crippen LogP contribution >= 0.6 is 23.1 Å². The lowest BCUT2D eigenvalue weighted by Gasteiger charge is -2.33. The SMILES string of the molecule is CCNc1nnc(S[C@@H](C)C(=O)N2CCC(Cc3ccccc3)CC2)s1. The second-order valence-electron chi connectivity index (χ2n) is 6.62. The maximum absolute atomic E-state index is 12.7. The molecule has 0 aliphatic carbocycles. The minimum Gasteiger partial charge on any atom is -0.360 e. The largest absolute Gasteiger partial charge is 0.360 e. The van der Waals surface area contributed by atoms with Crippen molar-refractivity contribution in [3.8, 4) is 0 Å². The zero-order valence-corrected chi connectivity index (χ0v) is 17.0. The fourth-order valence-electron chi connectivity index (χ4n) is 3.24. The highest BCUT2D eigenvalue weighted by Crippen LogP contribution is 2.30. The first-order valence-corrected chi connectivity index (χ1v) is 10.9. The molecule has 1 atom stereocenters. The van der Waals surface area contributed by atoms with Crippen LogP contribution < -0.4 is 5.32 Å². The molecule has 1 fully saturated rings. The maximum atomic E-state index is 12.7. The summed E-state index contributed by atoms with van der Waals surface area (Å²) in [5, 5.41) is 12.1. The van der Waals surface area contributed by atoms with E-state index >= 15 is 0 Å². The molecule has 0 unspecified atom stereocenters. The normalized spacial score (nSPS) is 16.5. The predicted octanol–water partition coefficient (Wildman–Crippen LogP) is 3.93. The quantitative estimate of drug-likeness (QED) is 0.726. The van der Waals surface area contributed by atoms with E-state index in [1.54, 1.807) is 0 Å². The zero-order valence-electron chi connectivity index (χ0n) is 15.4. The van der Waals surface area contributed by atoms with E-state index in [1.807, 2.05) is 18.7 Å². The topological polar surface area (TPSA) is 58.1 Å². The van der Waals surface area contributed by atoms with Gasteiger partial charge in [0.15, 0.2) is 4.34 Å². The van der Waals surface area contributed by atoms with E-state index in [-0.39, 0.29) is 11.2 Å². The minimum absolute atomic E-state index is 0.122. The Kier molecular flexibility index (Phi) is 6.91. The van der Waals surface area contributed by atoms with Gasteiger partial charge in [-0.15, -0.1) is 10.2 Å². The fourth-order valence-corrected chi connectivity index (χ4v) is 5.29. The first-order chi connectivity index (χ1) is 12.7. The van der Waals surface area contributed by atoms with Crippen molar-refractivity contribution in [2.75, 3.05) is 25.0 Å². The molecule has 3 rings (SSSR count). The summed E-state index contributed by atoms with van der Waals surface area (Å²) in [6.07, 6.45) is 3.29. The summed E-state index contributed by atoms with van der Waals surface area (Å²) >= 11 is 3.02. The molecule has 0 bridgehead atoms. The third-order valence-electron chi connectivity index (χ3n) is 4.65. The van der Waals surface area contributed by atoms with Gasteiger partial charge in [-0.05, 0) is 44.6 Å². The number of thioether (sulfide) groups is 1. The van der Waals surface area contributed by atoms with Crippen LogP contribution in [0.5, 0.6) is 0 Å². The average molecular weight is 391 g/mol. The Morgan fingerprint density at radius 3 is 2.73 bits per heavy atom. The van der Waals surface area contributed by atoms with Crippen LogP contribution in [-0.4, -0.2) is 45.9 Å². The van der Waals surface area contributed by atoms with Crippen LogP contribution in [0.3, 0.4) is 0 Å². The number of rotatable bonds is 7. The molecule has 1 amide bonds. The average Bonchev–Trinajstić information content (AvgIpc) is 3.10. The lowest BCUT2D eigenvalue weighted by molar-refractivity contribution is -0.131. The summed E-state index contributed by atoms with van der Waals surface area (Å²) in [5.41, 5.74) is 1.40. The van der Waals surface area contributed by atoms with Crippen LogP contribution in [0.15, 0.2) is 34.7 Å². The van der Waals surface area contributed by atoms with Crippen LogP contribution in [-0.2, 0) is 11.2 Å². The highest BCUT2D eigenvalue weighted by atomic mass is 32.2. The molecular weight excluding hydrogens is 364 g/mol. The van der Waals surface area contributed by atoms with Gasteiger partial charge in [0.25, 0.3) is 0 Å². The van der Waals surface area contributed by atoms with Gasteiger partial charge in [0.1, 0.15) is 0 Å². The molecule has 0 saturated carbocycles. The van der Waals surface area contributed by atoms with Crippen LogP contribution in [0, 0.1) is 5.92 Å². The number of nitrogens with zero attached hydrogens (tertiary/aromatic N) is 3. The summed E-state index contributed by atoms with van der Waals surface area (Å²) in [7, 11) is 0. The van der Waals surface area contributed by atoms with E-state index in [0.717, 1.165) is 48.4 Å². The highest BCUT2D eigenvalue weighted by Gasteiger charge is 2.27. The van der Waals surface area contributed by atoms with E-state index < -0.39 is 0 Å². The molecule has 0 spiro atoms.